The van der Waals surface area contributed by atoms with Gasteiger partial charge in [-0.15, -0.1) is 0 Å². The third-order valence-corrected chi connectivity index (χ3v) is 19.5. The lowest BCUT2D eigenvalue weighted by atomic mass is 9.97. The molecule has 14 rings (SSSR count). The topological polar surface area (TPSA) is 405 Å². The molecule has 0 aromatic carbocycles. The maximum absolute atomic E-state index is 12.6. The van der Waals surface area contributed by atoms with Gasteiger partial charge in [0.2, 0.25) is 23.6 Å². The van der Waals surface area contributed by atoms with Crippen LogP contribution in [0.4, 0.5) is 54.0 Å². The summed E-state index contributed by atoms with van der Waals surface area (Å²) < 4.78 is 87.7. The molecule has 12 aromatic rings. The van der Waals surface area contributed by atoms with Crippen molar-refractivity contribution in [3.05, 3.63) is 141 Å². The average Bonchev–Trinajstić information content (AvgIpc) is 1.59. The number of carbonyl (C=O) groups excluding carboxylic acids is 4. The van der Waals surface area contributed by atoms with E-state index >= 15 is 0 Å². The lowest BCUT2D eigenvalue weighted by Gasteiger charge is -2.26. The molecule has 2 saturated heterocycles. The number of rotatable bonds is 20. The number of halogens is 13. The molecule has 0 spiro atoms. The van der Waals surface area contributed by atoms with E-state index in [1.165, 1.54) is 60.0 Å². The predicted octanol–water partition coefficient (Wildman–Crippen LogP) is 14.7. The monoisotopic (exact) mass is 1740 g/mol. The van der Waals surface area contributed by atoms with E-state index in [9.17, 15) is 60.1 Å². The van der Waals surface area contributed by atoms with Crippen molar-refractivity contribution >= 4 is 161 Å². The van der Waals surface area contributed by atoms with E-state index in [1.807, 2.05) is 17.6 Å². The van der Waals surface area contributed by atoms with Crippen LogP contribution in [0.2, 0.25) is 30.1 Å². The highest BCUT2D eigenvalue weighted by atomic mass is 35.5. The van der Waals surface area contributed by atoms with Gasteiger partial charge in [0.25, 0.3) is 0 Å². The zero-order chi connectivity index (χ0) is 84.0. The fourth-order valence-electron chi connectivity index (χ4n) is 12.4. The number of amides is 4. The summed E-state index contributed by atoms with van der Waals surface area (Å²) >= 11 is 36.6. The zero-order valence-corrected chi connectivity index (χ0v) is 66.9. The molecule has 2 aliphatic heterocycles. The highest BCUT2D eigenvalue weighted by Gasteiger charge is 2.47. The highest BCUT2D eigenvalue weighted by Crippen LogP contribution is 2.39. The normalized spacial score (nSPS) is 16.9. The van der Waals surface area contributed by atoms with E-state index in [4.69, 9.17) is 69.6 Å². The van der Waals surface area contributed by atoms with Crippen molar-refractivity contribution in [3.8, 4) is 45.6 Å². The van der Waals surface area contributed by atoms with Gasteiger partial charge in [-0.2, -0.15) is 26.3 Å². The number of carbonyl (C=O) groups is 4. The number of aliphatic hydroxyl groups is 2. The van der Waals surface area contributed by atoms with Crippen LogP contribution < -0.4 is 41.7 Å². The van der Waals surface area contributed by atoms with Gasteiger partial charge in [-0.1, -0.05) is 76.5 Å². The van der Waals surface area contributed by atoms with Crippen molar-refractivity contribution in [2.24, 2.45) is 0 Å². The SMILES string of the molecule is CC(C)(Nc1nc(-c2c[nH]c3ncc(Cl)cc23)ncc1Cl)C(=O)NCCF.CCNC(=O)C(C)(C)Nc1nc(-c2c[nH]c3ncc(Cl)cc23)ncc1Cl.CC[C@@]1(O)C[C@H](C(=O)NCC(F)(F)F)N(c2ccnc(-c3c[nH]c4ncc(Cl)cc34)n2)C1.C[C@@]1(O)C[C@H](C(=O)NCC(F)(F)F)N(c2ccnc(-c3c[nH]c4ncc(Cl)cc34)n2)C1.[HH].[HH].[HH].[HH].[HH].[HH].[HH]. The number of H-pyrrole nitrogens is 4. The first-order valence-electron chi connectivity index (χ1n) is 35.3. The molecule has 30 nitrogen and oxygen atoms in total. The first-order chi connectivity index (χ1) is 54.7. The number of alkyl halides is 7. The summed E-state index contributed by atoms with van der Waals surface area (Å²) in [6.45, 7) is 8.95. The van der Waals surface area contributed by atoms with Crippen LogP contribution >= 0.6 is 69.6 Å². The smallest absolute Gasteiger partial charge is 0.388 e. The molecular weight excluding hydrogens is 1650 g/mol. The first kappa shape index (κ1) is 86.2. The van der Waals surface area contributed by atoms with Gasteiger partial charge in [-0.05, 0) is 84.4 Å². The third kappa shape index (κ3) is 20.9. The number of nitrogens with zero attached hydrogens (tertiary/aromatic N) is 14. The highest BCUT2D eigenvalue weighted by molar-refractivity contribution is 6.34. The predicted molar refractivity (Wildman–Crippen MR) is 442 cm³/mol. The number of hydrogen-bond donors (Lipinski definition) is 12. The standard InChI is InChI=1S/C20H20ClF3N6O2.C19H18ClF3N6O2.C17H17Cl2FN6O.C17H18Cl2N6O.7H2/c1-2-19(32)6-14(18(31)28-9-20(22,23)24)30(10-19)15-3-4-25-17(29-15)13-8-27-16-12(13)5-11(21)7-26-16;1-18(31)5-13(17(30)27-8-19(21,22)23)29(9-18)14-2-3-24-16(28-14)12-7-26-15-11(12)4-10(20)6-25-15;1-17(2,16(27)21-4-3-20)26-15-12(19)8-24-14(25-15)11-7-23-13-10(11)5-9(18)6-22-13;1-4-20-16(26)17(2,3)25-15-12(19)8-23-14(24-15)11-7-22-13-10(11)5-9(18)6-21-13;;;;;;;/h3-5,7-8,14,32H,2,6,9-10H2,1H3,(H,26,27)(H,28,31);2-4,6-7,13,31H,5,8-9H2,1H3,(H,25,26)(H,27,30);5-8H,3-4H2,1-2H3,(H,21,27)(H,22,23)(H,24,25,26);5-8H,4H2,1-3H3,(H,20,26)(H,21,22)(H,23,24,25);7*1H/t14-,19-;13-,18-;;;;;;;;;/m11........./s1. The number of nitrogens with one attached hydrogen (secondary N) is 10. The second kappa shape index (κ2) is 35.4. The van der Waals surface area contributed by atoms with E-state index < -0.39 is 78.3 Å². The Balaban J connectivity index is 0.000000339. The van der Waals surface area contributed by atoms with E-state index in [0.29, 0.717) is 129 Å². The second-order valence-corrected chi connectivity index (χ2v) is 30.6. The van der Waals surface area contributed by atoms with Crippen molar-refractivity contribution in [2.75, 3.05) is 66.4 Å². The molecule has 116 heavy (non-hydrogen) atoms. The Morgan fingerprint density at radius 1 is 0.509 bits per heavy atom. The van der Waals surface area contributed by atoms with E-state index in [2.05, 4.69) is 101 Å². The Morgan fingerprint density at radius 3 is 1.22 bits per heavy atom. The van der Waals surface area contributed by atoms with Gasteiger partial charge in [0.15, 0.2) is 23.3 Å². The molecule has 0 radical (unpaired) electrons. The molecule has 0 bridgehead atoms. The quantitative estimate of drug-likeness (QED) is 0.0315. The van der Waals surface area contributed by atoms with Crippen LogP contribution in [0.5, 0.6) is 0 Å². The lowest BCUT2D eigenvalue weighted by Crippen LogP contribution is -2.48. The molecule has 14 heterocycles. The summed E-state index contributed by atoms with van der Waals surface area (Å²) in [4.78, 5) is 116. The van der Waals surface area contributed by atoms with Crippen molar-refractivity contribution in [3.63, 3.8) is 0 Å². The number of aromatic nitrogens is 16. The summed E-state index contributed by atoms with van der Waals surface area (Å²) in [5.41, 5.74) is 0.722. The van der Waals surface area contributed by atoms with Gasteiger partial charge in [0.05, 0.1) is 43.7 Å². The number of pyridine rings is 4. The molecular formula is C73H87Cl6F7N24O6. The van der Waals surface area contributed by atoms with E-state index in [-0.39, 0.29) is 65.1 Å². The van der Waals surface area contributed by atoms with Gasteiger partial charge in [-0.25, -0.2) is 64.2 Å². The second-order valence-electron chi connectivity index (χ2n) is 28.0. The number of anilines is 4. The van der Waals surface area contributed by atoms with E-state index in [1.54, 1.807) is 102 Å². The van der Waals surface area contributed by atoms with Crippen molar-refractivity contribution in [2.45, 2.75) is 114 Å². The van der Waals surface area contributed by atoms with Crippen LogP contribution in [-0.2, 0) is 19.2 Å². The van der Waals surface area contributed by atoms with Crippen LogP contribution in [0.3, 0.4) is 0 Å². The molecule has 12 aromatic heterocycles. The maximum Gasteiger partial charge on any atom is 0.405 e. The molecule has 0 saturated carbocycles. The first-order valence-corrected chi connectivity index (χ1v) is 37.6. The summed E-state index contributed by atoms with van der Waals surface area (Å²) in [7, 11) is 0. The fraction of sp³-hybridized carbons (Fsp3) is 0.342. The van der Waals surface area contributed by atoms with Gasteiger partial charge in [0, 0.05) is 155 Å². The van der Waals surface area contributed by atoms with Crippen LogP contribution in [-0.4, -0.2) is 206 Å². The Bertz CT molecular complexity index is 5640. The minimum Gasteiger partial charge on any atom is -0.388 e. The van der Waals surface area contributed by atoms with E-state index in [0.717, 1.165) is 16.3 Å². The maximum atomic E-state index is 12.6. The zero-order valence-electron chi connectivity index (χ0n) is 62.3. The van der Waals surface area contributed by atoms with Crippen LogP contribution in [0, 0.1) is 0 Å². The summed E-state index contributed by atoms with van der Waals surface area (Å²) in [5.74, 6) is 0.551. The molecule has 0 unspecified atom stereocenters. The van der Waals surface area contributed by atoms with Crippen molar-refractivity contribution in [1.29, 1.82) is 0 Å². The third-order valence-electron chi connectivity index (χ3n) is 18.2. The van der Waals surface area contributed by atoms with Gasteiger partial charge in [0.1, 0.15) is 98.8 Å². The summed E-state index contributed by atoms with van der Waals surface area (Å²) in [5, 5.41) is 41.8. The van der Waals surface area contributed by atoms with Gasteiger partial charge < -0.3 is 71.8 Å². The molecule has 4 amide bonds. The Hall–Kier alpha value is -10.7. The Kier molecular flexibility index (Phi) is 26.3. The minimum absolute atomic E-state index is 0. The number of β-amino-alcohol motifs (C(OH)–C–C–N with tert-alkyl or cyclic N) is 2. The molecule has 0 aliphatic carbocycles. The summed E-state index contributed by atoms with van der Waals surface area (Å²) in [6.07, 6.45) is 10.0. The van der Waals surface area contributed by atoms with Crippen LogP contribution in [0.15, 0.2) is 111 Å². The van der Waals surface area contributed by atoms with Crippen molar-refractivity contribution < 1.29 is 70.1 Å². The Labute approximate surface area is 695 Å². The molecule has 4 atom stereocenters. The Morgan fingerprint density at radius 2 is 0.862 bits per heavy atom. The average molecular weight is 1740 g/mol. The van der Waals surface area contributed by atoms with Gasteiger partial charge >= 0.3 is 12.4 Å². The largest absolute Gasteiger partial charge is 0.405 e. The molecule has 626 valence electrons. The summed E-state index contributed by atoms with van der Waals surface area (Å²) in [6, 6.07) is 8.03. The molecule has 12 N–H and O–H groups in total. The molecule has 43 heteroatoms. The molecule has 2 aliphatic rings. The number of likely N-dealkylation sites (N-methyl/N-ethyl adjacent to an activating group) is 1. The van der Waals surface area contributed by atoms with Crippen molar-refractivity contribution in [1.82, 2.24) is 101 Å². The van der Waals surface area contributed by atoms with Crippen LogP contribution in [0.25, 0.3) is 89.7 Å². The minimum atomic E-state index is -4.53. The number of fused-ring (bicyclic) bond motifs is 4. The number of hydrogen-bond acceptors (Lipinski definition) is 22. The van der Waals surface area contributed by atoms with Crippen LogP contribution in [0.1, 0.15) is 77.7 Å². The van der Waals surface area contributed by atoms with Gasteiger partial charge in [-0.3, -0.25) is 19.2 Å². The lowest BCUT2D eigenvalue weighted by molar-refractivity contribution is -0.139. The fourth-order valence-corrected chi connectivity index (χ4v) is 13.3. The molecule has 2 fully saturated rings. The number of aromatic amines is 4.